The molecule has 0 bridgehead atoms. The van der Waals surface area contributed by atoms with Crippen LogP contribution in [0, 0.1) is 0 Å². The largest absolute Gasteiger partial charge is 0.392 e. The Labute approximate surface area is 107 Å². The van der Waals surface area contributed by atoms with Crippen LogP contribution in [0.3, 0.4) is 0 Å². The van der Waals surface area contributed by atoms with Crippen molar-refractivity contribution >= 4 is 27.7 Å². The molecule has 0 aliphatic rings. The Morgan fingerprint density at radius 1 is 1.25 bits per heavy atom. The van der Waals surface area contributed by atoms with E-state index in [1.54, 1.807) is 18.0 Å². The van der Waals surface area contributed by atoms with Crippen LogP contribution in [-0.4, -0.2) is 10.1 Å². The molecule has 0 amide bonds. The van der Waals surface area contributed by atoms with E-state index in [4.69, 9.17) is 5.11 Å². The van der Waals surface area contributed by atoms with Crippen LogP contribution in [0.5, 0.6) is 0 Å². The molecule has 0 aliphatic carbocycles. The summed E-state index contributed by atoms with van der Waals surface area (Å²) in [5, 5.41) is 9.83. The predicted octanol–water partition coefficient (Wildman–Crippen LogP) is 3.49. The number of pyridine rings is 1. The van der Waals surface area contributed by atoms with Gasteiger partial charge < -0.3 is 5.11 Å². The zero-order valence-corrected chi connectivity index (χ0v) is 10.8. The molecule has 1 heterocycles. The fraction of sp³-hybridized carbons (Fsp3) is 0.0833. The maximum Gasteiger partial charge on any atom is 0.101 e. The SMILES string of the molecule is OCc1ccc(Sc2cccc(Br)c2)nc1. The molecule has 0 fully saturated rings. The summed E-state index contributed by atoms with van der Waals surface area (Å²) in [5.41, 5.74) is 0.832. The van der Waals surface area contributed by atoms with E-state index in [-0.39, 0.29) is 6.61 Å². The molecule has 0 radical (unpaired) electrons. The first-order valence-corrected chi connectivity index (χ1v) is 6.38. The van der Waals surface area contributed by atoms with Gasteiger partial charge in [-0.3, -0.25) is 0 Å². The minimum atomic E-state index is 0.0365. The van der Waals surface area contributed by atoms with Gasteiger partial charge in [0, 0.05) is 15.6 Å². The van der Waals surface area contributed by atoms with Crippen molar-refractivity contribution in [1.82, 2.24) is 4.98 Å². The Hall–Kier alpha value is -0.840. The van der Waals surface area contributed by atoms with Crippen LogP contribution in [0.2, 0.25) is 0 Å². The Bertz CT molecular complexity index is 473. The molecule has 2 nitrogen and oxygen atoms in total. The maximum absolute atomic E-state index is 8.90. The highest BCUT2D eigenvalue weighted by atomic mass is 79.9. The van der Waals surface area contributed by atoms with Gasteiger partial charge in [-0.1, -0.05) is 39.8 Å². The molecule has 0 saturated heterocycles. The van der Waals surface area contributed by atoms with Gasteiger partial charge in [-0.05, 0) is 29.8 Å². The molecule has 16 heavy (non-hydrogen) atoms. The van der Waals surface area contributed by atoms with Gasteiger partial charge in [0.2, 0.25) is 0 Å². The smallest absolute Gasteiger partial charge is 0.101 e. The molecule has 0 unspecified atom stereocenters. The van der Waals surface area contributed by atoms with Crippen LogP contribution in [0.1, 0.15) is 5.56 Å². The van der Waals surface area contributed by atoms with Gasteiger partial charge in [-0.15, -0.1) is 0 Å². The highest BCUT2D eigenvalue weighted by Crippen LogP contribution is 2.27. The summed E-state index contributed by atoms with van der Waals surface area (Å²) in [4.78, 5) is 5.40. The monoisotopic (exact) mass is 295 g/mol. The number of benzene rings is 1. The number of aromatic nitrogens is 1. The summed E-state index contributed by atoms with van der Waals surface area (Å²) < 4.78 is 1.06. The number of aliphatic hydroxyl groups excluding tert-OH is 1. The molecule has 1 N–H and O–H groups in total. The normalized spacial score (nSPS) is 10.4. The molecule has 4 heteroatoms. The summed E-state index contributed by atoms with van der Waals surface area (Å²) >= 11 is 5.03. The molecule has 82 valence electrons. The zero-order chi connectivity index (χ0) is 11.4. The number of nitrogens with zero attached hydrogens (tertiary/aromatic N) is 1. The van der Waals surface area contributed by atoms with E-state index in [0.29, 0.717) is 0 Å². The standard InChI is InChI=1S/C12H10BrNOS/c13-10-2-1-3-11(6-10)16-12-5-4-9(8-15)7-14-12/h1-7,15H,8H2. The molecule has 0 saturated carbocycles. The minimum Gasteiger partial charge on any atom is -0.392 e. The summed E-state index contributed by atoms with van der Waals surface area (Å²) in [6.45, 7) is 0.0365. The fourth-order valence-corrected chi connectivity index (χ4v) is 2.58. The van der Waals surface area contributed by atoms with E-state index in [0.717, 1.165) is 20.0 Å². The number of rotatable bonds is 3. The number of hydrogen-bond acceptors (Lipinski definition) is 3. The third-order valence-electron chi connectivity index (χ3n) is 2.00. The number of hydrogen-bond donors (Lipinski definition) is 1. The summed E-state index contributed by atoms with van der Waals surface area (Å²) in [5.74, 6) is 0. The highest BCUT2D eigenvalue weighted by molar-refractivity contribution is 9.10. The lowest BCUT2D eigenvalue weighted by molar-refractivity contribution is 0.281. The summed E-state index contributed by atoms with van der Waals surface area (Å²) in [7, 11) is 0. The molecule has 0 atom stereocenters. The molecule has 2 aromatic rings. The lowest BCUT2D eigenvalue weighted by atomic mass is 10.3. The maximum atomic E-state index is 8.90. The van der Waals surface area contributed by atoms with Crippen molar-refractivity contribution in [2.24, 2.45) is 0 Å². The van der Waals surface area contributed by atoms with E-state index in [9.17, 15) is 0 Å². The molecular formula is C12H10BrNOS. The fourth-order valence-electron chi connectivity index (χ4n) is 1.22. The Morgan fingerprint density at radius 3 is 2.75 bits per heavy atom. The van der Waals surface area contributed by atoms with Crippen LogP contribution < -0.4 is 0 Å². The number of aliphatic hydroxyl groups is 1. The first-order chi connectivity index (χ1) is 7.78. The van der Waals surface area contributed by atoms with Crippen LogP contribution in [-0.2, 0) is 6.61 Å². The van der Waals surface area contributed by atoms with E-state index >= 15 is 0 Å². The third-order valence-corrected chi connectivity index (χ3v) is 3.43. The Morgan fingerprint density at radius 2 is 2.12 bits per heavy atom. The summed E-state index contributed by atoms with van der Waals surface area (Å²) in [6.07, 6.45) is 1.69. The second-order valence-corrected chi connectivity index (χ2v) is 5.23. The molecular weight excluding hydrogens is 286 g/mol. The van der Waals surface area contributed by atoms with Crippen molar-refractivity contribution in [3.8, 4) is 0 Å². The van der Waals surface area contributed by atoms with Crippen LogP contribution in [0.15, 0.2) is 57.0 Å². The van der Waals surface area contributed by atoms with Gasteiger partial charge in [0.25, 0.3) is 0 Å². The van der Waals surface area contributed by atoms with Crippen molar-refractivity contribution < 1.29 is 5.11 Å². The second-order valence-electron chi connectivity index (χ2n) is 3.22. The second kappa shape index (κ2) is 5.48. The summed E-state index contributed by atoms with van der Waals surface area (Å²) in [6, 6.07) is 11.9. The topological polar surface area (TPSA) is 33.1 Å². The molecule has 0 spiro atoms. The zero-order valence-electron chi connectivity index (χ0n) is 8.43. The quantitative estimate of drug-likeness (QED) is 0.941. The average Bonchev–Trinajstić information content (AvgIpc) is 2.30. The minimum absolute atomic E-state index is 0.0365. The first-order valence-electron chi connectivity index (χ1n) is 4.77. The predicted molar refractivity (Wildman–Crippen MR) is 68.4 cm³/mol. The number of halogens is 1. The average molecular weight is 296 g/mol. The van der Waals surface area contributed by atoms with Gasteiger partial charge in [0.15, 0.2) is 0 Å². The Kier molecular flexibility index (Phi) is 3.98. The molecule has 1 aromatic carbocycles. The van der Waals surface area contributed by atoms with Gasteiger partial charge in [-0.2, -0.15) is 0 Å². The van der Waals surface area contributed by atoms with Gasteiger partial charge in [0.1, 0.15) is 5.03 Å². The lowest BCUT2D eigenvalue weighted by Gasteiger charge is -2.02. The van der Waals surface area contributed by atoms with Gasteiger partial charge in [0.05, 0.1) is 6.61 Å². The van der Waals surface area contributed by atoms with Crippen LogP contribution in [0.4, 0.5) is 0 Å². The molecule has 1 aromatic heterocycles. The lowest BCUT2D eigenvalue weighted by Crippen LogP contribution is -1.85. The van der Waals surface area contributed by atoms with Crippen molar-refractivity contribution in [3.63, 3.8) is 0 Å². The van der Waals surface area contributed by atoms with Crippen molar-refractivity contribution in [2.75, 3.05) is 0 Å². The van der Waals surface area contributed by atoms with Crippen LogP contribution >= 0.6 is 27.7 Å². The van der Waals surface area contributed by atoms with E-state index < -0.39 is 0 Å². The van der Waals surface area contributed by atoms with E-state index in [1.807, 2.05) is 36.4 Å². The van der Waals surface area contributed by atoms with Crippen molar-refractivity contribution in [3.05, 3.63) is 52.6 Å². The van der Waals surface area contributed by atoms with Crippen molar-refractivity contribution in [2.45, 2.75) is 16.5 Å². The molecule has 2 rings (SSSR count). The highest BCUT2D eigenvalue weighted by Gasteiger charge is 1.99. The third kappa shape index (κ3) is 3.07. The van der Waals surface area contributed by atoms with E-state index in [2.05, 4.69) is 20.9 Å². The Balaban J connectivity index is 2.14. The molecule has 0 aliphatic heterocycles. The van der Waals surface area contributed by atoms with E-state index in [1.165, 1.54) is 0 Å². The first kappa shape index (κ1) is 11.6. The van der Waals surface area contributed by atoms with Gasteiger partial charge in [-0.25, -0.2) is 4.98 Å². The van der Waals surface area contributed by atoms with Crippen LogP contribution in [0.25, 0.3) is 0 Å². The van der Waals surface area contributed by atoms with Crippen molar-refractivity contribution in [1.29, 1.82) is 0 Å². The van der Waals surface area contributed by atoms with Gasteiger partial charge >= 0.3 is 0 Å².